The molecule has 1 heterocycles. The van der Waals surface area contributed by atoms with Crippen LogP contribution in [0.5, 0.6) is 0 Å². The third-order valence-electron chi connectivity index (χ3n) is 2.18. The summed E-state index contributed by atoms with van der Waals surface area (Å²) in [5.41, 5.74) is 0. The van der Waals surface area contributed by atoms with E-state index >= 15 is 0 Å². The molecule has 0 saturated carbocycles. The minimum atomic E-state index is 0.412. The quantitative estimate of drug-likeness (QED) is 0.496. The van der Waals surface area contributed by atoms with E-state index in [0.717, 1.165) is 32.0 Å². The third-order valence-corrected chi connectivity index (χ3v) is 2.45. The minimum Gasteiger partial charge on any atom is -0.376 e. The Morgan fingerprint density at radius 3 is 3.00 bits per heavy atom. The standard InChI is InChI=1S/C9H18ClNO/c1-9-8-11(6-7-12-9)5-3-2-4-10/h9H,2-8H2,1H3. The van der Waals surface area contributed by atoms with Gasteiger partial charge in [-0.2, -0.15) is 0 Å². The van der Waals surface area contributed by atoms with Crippen molar-refractivity contribution in [2.45, 2.75) is 25.9 Å². The molecule has 3 heteroatoms. The number of rotatable bonds is 4. The molecule has 1 saturated heterocycles. The van der Waals surface area contributed by atoms with Gasteiger partial charge in [0.1, 0.15) is 0 Å². The van der Waals surface area contributed by atoms with Crippen molar-refractivity contribution in [3.05, 3.63) is 0 Å². The maximum atomic E-state index is 5.60. The highest BCUT2D eigenvalue weighted by atomic mass is 35.5. The van der Waals surface area contributed by atoms with E-state index < -0.39 is 0 Å². The number of nitrogens with zero attached hydrogens (tertiary/aromatic N) is 1. The number of hydrogen-bond donors (Lipinski definition) is 0. The third kappa shape index (κ3) is 3.74. The lowest BCUT2D eigenvalue weighted by molar-refractivity contribution is -0.0184. The van der Waals surface area contributed by atoms with E-state index in [-0.39, 0.29) is 0 Å². The number of ether oxygens (including phenoxy) is 1. The summed E-state index contributed by atoms with van der Waals surface area (Å²) < 4.78 is 5.45. The molecule has 0 radical (unpaired) electrons. The monoisotopic (exact) mass is 191 g/mol. The second-order valence-corrected chi connectivity index (χ2v) is 3.76. The van der Waals surface area contributed by atoms with Crippen LogP contribution in [0.2, 0.25) is 0 Å². The van der Waals surface area contributed by atoms with Crippen molar-refractivity contribution in [2.75, 3.05) is 32.1 Å². The van der Waals surface area contributed by atoms with Crippen LogP contribution < -0.4 is 0 Å². The zero-order valence-corrected chi connectivity index (χ0v) is 8.52. The molecular formula is C9H18ClNO. The largest absolute Gasteiger partial charge is 0.376 e. The molecule has 0 aromatic carbocycles. The molecule has 1 aliphatic heterocycles. The van der Waals surface area contributed by atoms with Gasteiger partial charge in [-0.1, -0.05) is 0 Å². The molecule has 12 heavy (non-hydrogen) atoms. The molecule has 1 rings (SSSR count). The Kier molecular flexibility index (Phi) is 4.96. The van der Waals surface area contributed by atoms with E-state index in [2.05, 4.69) is 11.8 Å². The summed E-state index contributed by atoms with van der Waals surface area (Å²) in [5.74, 6) is 0.792. The molecule has 1 unspecified atom stereocenters. The summed E-state index contributed by atoms with van der Waals surface area (Å²) in [4.78, 5) is 2.46. The SMILES string of the molecule is CC1CN(CCCCCl)CCO1. The van der Waals surface area contributed by atoms with Crippen molar-refractivity contribution in [2.24, 2.45) is 0 Å². The predicted octanol–water partition coefficient (Wildman–Crippen LogP) is 1.73. The molecule has 1 fully saturated rings. The highest BCUT2D eigenvalue weighted by Gasteiger charge is 2.15. The van der Waals surface area contributed by atoms with Gasteiger partial charge in [0.15, 0.2) is 0 Å². The van der Waals surface area contributed by atoms with Crippen molar-refractivity contribution in [3.63, 3.8) is 0 Å². The first-order valence-corrected chi connectivity index (χ1v) is 5.26. The summed E-state index contributed by atoms with van der Waals surface area (Å²) >= 11 is 5.60. The Bertz CT molecular complexity index is 121. The van der Waals surface area contributed by atoms with E-state index in [1.54, 1.807) is 0 Å². The van der Waals surface area contributed by atoms with Gasteiger partial charge < -0.3 is 4.74 Å². The van der Waals surface area contributed by atoms with E-state index in [9.17, 15) is 0 Å². The average Bonchev–Trinajstić information content (AvgIpc) is 2.05. The molecule has 0 aliphatic carbocycles. The first kappa shape index (κ1) is 10.3. The van der Waals surface area contributed by atoms with Gasteiger partial charge >= 0.3 is 0 Å². The maximum absolute atomic E-state index is 5.60. The fourth-order valence-electron chi connectivity index (χ4n) is 1.52. The zero-order chi connectivity index (χ0) is 8.81. The molecule has 1 aliphatic rings. The van der Waals surface area contributed by atoms with E-state index in [0.29, 0.717) is 6.10 Å². The fourth-order valence-corrected chi connectivity index (χ4v) is 1.71. The molecule has 72 valence electrons. The molecule has 0 aromatic heterocycles. The van der Waals surface area contributed by atoms with Gasteiger partial charge in [0.25, 0.3) is 0 Å². The van der Waals surface area contributed by atoms with Gasteiger partial charge in [-0.3, -0.25) is 4.90 Å². The van der Waals surface area contributed by atoms with Gasteiger partial charge in [0, 0.05) is 19.0 Å². The molecule has 0 bridgehead atoms. The molecular weight excluding hydrogens is 174 g/mol. The number of unbranched alkanes of at least 4 members (excludes halogenated alkanes) is 1. The number of morpholine rings is 1. The summed E-state index contributed by atoms with van der Waals surface area (Å²) in [7, 11) is 0. The molecule has 2 nitrogen and oxygen atoms in total. The number of halogens is 1. The lowest BCUT2D eigenvalue weighted by Gasteiger charge is -2.30. The van der Waals surface area contributed by atoms with Crippen molar-refractivity contribution < 1.29 is 4.74 Å². The van der Waals surface area contributed by atoms with Crippen molar-refractivity contribution in [3.8, 4) is 0 Å². The highest BCUT2D eigenvalue weighted by Crippen LogP contribution is 2.05. The van der Waals surface area contributed by atoms with Gasteiger partial charge in [-0.15, -0.1) is 11.6 Å². The van der Waals surface area contributed by atoms with Crippen LogP contribution in [0.25, 0.3) is 0 Å². The highest BCUT2D eigenvalue weighted by molar-refractivity contribution is 6.17. The van der Waals surface area contributed by atoms with Crippen molar-refractivity contribution >= 4 is 11.6 Å². The van der Waals surface area contributed by atoms with E-state index in [1.807, 2.05) is 0 Å². The van der Waals surface area contributed by atoms with E-state index in [4.69, 9.17) is 16.3 Å². The smallest absolute Gasteiger partial charge is 0.0674 e. The van der Waals surface area contributed by atoms with Gasteiger partial charge in [0.05, 0.1) is 12.7 Å². The lowest BCUT2D eigenvalue weighted by Crippen LogP contribution is -2.41. The van der Waals surface area contributed by atoms with Crippen LogP contribution >= 0.6 is 11.6 Å². The maximum Gasteiger partial charge on any atom is 0.0674 e. The van der Waals surface area contributed by atoms with Crippen LogP contribution in [0.4, 0.5) is 0 Å². The second kappa shape index (κ2) is 5.79. The Morgan fingerprint density at radius 2 is 2.33 bits per heavy atom. The summed E-state index contributed by atoms with van der Waals surface area (Å²) in [6.45, 7) is 6.38. The summed E-state index contributed by atoms with van der Waals surface area (Å²) in [6, 6.07) is 0. The summed E-state index contributed by atoms with van der Waals surface area (Å²) in [6.07, 6.45) is 2.76. The van der Waals surface area contributed by atoms with E-state index in [1.165, 1.54) is 13.0 Å². The van der Waals surface area contributed by atoms with Gasteiger partial charge in [-0.05, 0) is 26.3 Å². The lowest BCUT2D eigenvalue weighted by atomic mass is 10.2. The zero-order valence-electron chi connectivity index (χ0n) is 7.76. The van der Waals surface area contributed by atoms with Crippen LogP contribution in [-0.2, 0) is 4.74 Å². The Hall–Kier alpha value is 0.210. The van der Waals surface area contributed by atoms with Crippen molar-refractivity contribution in [1.29, 1.82) is 0 Å². The minimum absolute atomic E-state index is 0.412. The molecule has 0 spiro atoms. The van der Waals surface area contributed by atoms with Crippen LogP contribution in [-0.4, -0.2) is 43.1 Å². The van der Waals surface area contributed by atoms with Crippen molar-refractivity contribution in [1.82, 2.24) is 4.90 Å². The first-order valence-electron chi connectivity index (χ1n) is 4.73. The normalized spacial score (nSPS) is 26.0. The first-order chi connectivity index (χ1) is 5.83. The Balaban J connectivity index is 2.06. The average molecular weight is 192 g/mol. The van der Waals surface area contributed by atoms with Gasteiger partial charge in [0.2, 0.25) is 0 Å². The molecule has 0 amide bonds. The molecule has 0 N–H and O–H groups in total. The Labute approximate surface area is 79.8 Å². The number of alkyl halides is 1. The second-order valence-electron chi connectivity index (χ2n) is 3.38. The topological polar surface area (TPSA) is 12.5 Å². The van der Waals surface area contributed by atoms with Crippen LogP contribution in [0.3, 0.4) is 0 Å². The van der Waals surface area contributed by atoms with Crippen LogP contribution in [0, 0.1) is 0 Å². The Morgan fingerprint density at radius 1 is 1.50 bits per heavy atom. The number of hydrogen-bond acceptors (Lipinski definition) is 2. The van der Waals surface area contributed by atoms with Crippen LogP contribution in [0.15, 0.2) is 0 Å². The summed E-state index contributed by atoms with van der Waals surface area (Å²) in [5, 5.41) is 0. The fraction of sp³-hybridized carbons (Fsp3) is 1.00. The predicted molar refractivity (Wildman–Crippen MR) is 51.8 cm³/mol. The van der Waals surface area contributed by atoms with Crippen LogP contribution in [0.1, 0.15) is 19.8 Å². The van der Waals surface area contributed by atoms with Gasteiger partial charge in [-0.25, -0.2) is 0 Å². The molecule has 0 aromatic rings. The molecule has 1 atom stereocenters.